The van der Waals surface area contributed by atoms with Crippen molar-refractivity contribution in [2.75, 3.05) is 26.7 Å². The van der Waals surface area contributed by atoms with Gasteiger partial charge in [0.05, 0.1) is 5.41 Å². The van der Waals surface area contributed by atoms with Crippen molar-refractivity contribution in [3.63, 3.8) is 0 Å². The van der Waals surface area contributed by atoms with Gasteiger partial charge in [0.2, 0.25) is 11.8 Å². The van der Waals surface area contributed by atoms with Crippen molar-refractivity contribution in [3.05, 3.63) is 0 Å². The van der Waals surface area contributed by atoms with Crippen LogP contribution in [0.15, 0.2) is 0 Å². The minimum Gasteiger partial charge on any atom is -0.344 e. The summed E-state index contributed by atoms with van der Waals surface area (Å²) in [6, 6.07) is -0.457. The van der Waals surface area contributed by atoms with Crippen LogP contribution >= 0.6 is 0 Å². The molecule has 0 saturated carbocycles. The molecule has 1 saturated heterocycles. The van der Waals surface area contributed by atoms with Gasteiger partial charge in [-0.15, -0.1) is 0 Å². The Morgan fingerprint density at radius 2 is 2.17 bits per heavy atom. The zero-order chi connectivity index (χ0) is 13.8. The fraction of sp³-hybridized carbons (Fsp3) is 0.846. The molecular weight excluding hydrogens is 230 g/mol. The van der Waals surface area contributed by atoms with Gasteiger partial charge in [-0.25, -0.2) is 0 Å². The Morgan fingerprint density at radius 1 is 1.50 bits per heavy atom. The quantitative estimate of drug-likeness (QED) is 0.762. The molecule has 2 amide bonds. The molecule has 1 aliphatic heterocycles. The van der Waals surface area contributed by atoms with Gasteiger partial charge in [-0.1, -0.05) is 0 Å². The summed E-state index contributed by atoms with van der Waals surface area (Å²) < 4.78 is 0. The molecule has 0 aromatic rings. The molecule has 1 heterocycles. The van der Waals surface area contributed by atoms with Crippen LogP contribution in [0.5, 0.6) is 0 Å². The topological polar surface area (TPSA) is 61.4 Å². The summed E-state index contributed by atoms with van der Waals surface area (Å²) in [5, 5.41) is 6.07. The number of nitrogens with one attached hydrogen (secondary N) is 2. The Kier molecular flexibility index (Phi) is 5.14. The van der Waals surface area contributed by atoms with Crippen molar-refractivity contribution in [1.29, 1.82) is 0 Å². The molecule has 0 aromatic heterocycles. The lowest BCUT2D eigenvalue weighted by Crippen LogP contribution is -2.53. The van der Waals surface area contributed by atoms with E-state index in [1.165, 1.54) is 0 Å². The van der Waals surface area contributed by atoms with Crippen molar-refractivity contribution < 1.29 is 9.59 Å². The number of hydrogen-bond donors (Lipinski definition) is 2. The first-order valence-corrected chi connectivity index (χ1v) is 6.67. The number of hydrogen-bond acceptors (Lipinski definition) is 3. The third-order valence-corrected chi connectivity index (χ3v) is 3.71. The lowest BCUT2D eigenvalue weighted by atomic mass is 9.81. The second-order valence-electron chi connectivity index (χ2n) is 5.39. The van der Waals surface area contributed by atoms with Crippen LogP contribution in [0.3, 0.4) is 0 Å². The largest absolute Gasteiger partial charge is 0.344 e. The highest BCUT2D eigenvalue weighted by Gasteiger charge is 2.36. The van der Waals surface area contributed by atoms with E-state index < -0.39 is 11.5 Å². The number of likely N-dealkylation sites (N-methyl/N-ethyl adjacent to an activating group) is 1. The predicted molar refractivity (Wildman–Crippen MR) is 71.1 cm³/mol. The van der Waals surface area contributed by atoms with Crippen molar-refractivity contribution in [2.45, 2.75) is 39.7 Å². The molecule has 0 aromatic carbocycles. The first kappa shape index (κ1) is 15.0. The van der Waals surface area contributed by atoms with E-state index >= 15 is 0 Å². The van der Waals surface area contributed by atoms with E-state index in [1.807, 2.05) is 13.8 Å². The van der Waals surface area contributed by atoms with Crippen LogP contribution in [-0.4, -0.2) is 49.4 Å². The monoisotopic (exact) mass is 255 g/mol. The van der Waals surface area contributed by atoms with Crippen LogP contribution < -0.4 is 10.6 Å². The average Bonchev–Trinajstić information content (AvgIpc) is 2.37. The SMILES string of the molecule is CCN(C)C(=O)C(C)NC(=O)C1(C)CCCNC1. The molecule has 1 aliphatic rings. The van der Waals surface area contributed by atoms with Crippen molar-refractivity contribution in [3.8, 4) is 0 Å². The van der Waals surface area contributed by atoms with E-state index in [2.05, 4.69) is 10.6 Å². The van der Waals surface area contributed by atoms with Gasteiger partial charge in [-0.2, -0.15) is 0 Å². The Balaban J connectivity index is 2.55. The van der Waals surface area contributed by atoms with Crippen LogP contribution in [0, 0.1) is 5.41 Å². The fourth-order valence-electron chi connectivity index (χ4n) is 2.17. The summed E-state index contributed by atoms with van der Waals surface area (Å²) in [4.78, 5) is 25.7. The summed E-state index contributed by atoms with van der Waals surface area (Å²) >= 11 is 0. The molecule has 2 N–H and O–H groups in total. The zero-order valence-electron chi connectivity index (χ0n) is 11.9. The predicted octanol–water partition coefficient (Wildman–Crippen LogP) is 0.359. The molecule has 5 nitrogen and oxygen atoms in total. The Labute approximate surface area is 109 Å². The highest BCUT2D eigenvalue weighted by Crippen LogP contribution is 2.25. The molecule has 1 rings (SSSR count). The third-order valence-electron chi connectivity index (χ3n) is 3.71. The third kappa shape index (κ3) is 3.45. The van der Waals surface area contributed by atoms with Crippen LogP contribution in [-0.2, 0) is 9.59 Å². The van der Waals surface area contributed by atoms with Gasteiger partial charge in [0.15, 0.2) is 0 Å². The Bertz CT molecular complexity index is 311. The van der Waals surface area contributed by atoms with Crippen molar-refractivity contribution >= 4 is 11.8 Å². The summed E-state index contributed by atoms with van der Waals surface area (Å²) in [6.45, 7) is 7.91. The second-order valence-corrected chi connectivity index (χ2v) is 5.39. The van der Waals surface area contributed by atoms with E-state index in [0.717, 1.165) is 19.4 Å². The van der Waals surface area contributed by atoms with Crippen molar-refractivity contribution in [1.82, 2.24) is 15.5 Å². The number of amides is 2. The van der Waals surface area contributed by atoms with Gasteiger partial charge in [0, 0.05) is 20.1 Å². The molecular formula is C13H25N3O2. The van der Waals surface area contributed by atoms with E-state index in [-0.39, 0.29) is 11.8 Å². The van der Waals surface area contributed by atoms with E-state index in [0.29, 0.717) is 13.1 Å². The highest BCUT2D eigenvalue weighted by atomic mass is 16.2. The lowest BCUT2D eigenvalue weighted by molar-refractivity contribution is -0.138. The Morgan fingerprint density at radius 3 is 2.67 bits per heavy atom. The molecule has 2 unspecified atom stereocenters. The summed E-state index contributed by atoms with van der Waals surface area (Å²) in [6.07, 6.45) is 1.87. The Hall–Kier alpha value is -1.10. The maximum absolute atomic E-state index is 12.2. The van der Waals surface area contributed by atoms with Crippen LogP contribution in [0.25, 0.3) is 0 Å². The van der Waals surface area contributed by atoms with E-state index in [9.17, 15) is 9.59 Å². The first-order valence-electron chi connectivity index (χ1n) is 6.67. The van der Waals surface area contributed by atoms with E-state index in [1.54, 1.807) is 18.9 Å². The van der Waals surface area contributed by atoms with Gasteiger partial charge in [-0.05, 0) is 40.2 Å². The maximum Gasteiger partial charge on any atom is 0.244 e. The normalized spacial score (nSPS) is 25.3. The number of nitrogens with zero attached hydrogens (tertiary/aromatic N) is 1. The molecule has 5 heteroatoms. The molecule has 2 atom stereocenters. The van der Waals surface area contributed by atoms with Gasteiger partial charge in [-0.3, -0.25) is 9.59 Å². The summed E-state index contributed by atoms with van der Waals surface area (Å²) in [5.74, 6) is -0.0710. The lowest BCUT2D eigenvalue weighted by Gasteiger charge is -2.34. The number of carbonyl (C=O) groups excluding carboxylic acids is 2. The second kappa shape index (κ2) is 6.18. The summed E-state index contributed by atoms with van der Waals surface area (Å²) in [5.41, 5.74) is -0.391. The smallest absolute Gasteiger partial charge is 0.244 e. The number of carbonyl (C=O) groups is 2. The number of piperidine rings is 1. The molecule has 104 valence electrons. The summed E-state index contributed by atoms with van der Waals surface area (Å²) in [7, 11) is 1.74. The van der Waals surface area contributed by atoms with Crippen LogP contribution in [0.1, 0.15) is 33.6 Å². The van der Waals surface area contributed by atoms with Gasteiger partial charge >= 0.3 is 0 Å². The molecule has 18 heavy (non-hydrogen) atoms. The molecule has 0 bridgehead atoms. The maximum atomic E-state index is 12.2. The van der Waals surface area contributed by atoms with Crippen molar-refractivity contribution in [2.24, 2.45) is 5.41 Å². The van der Waals surface area contributed by atoms with Gasteiger partial charge in [0.25, 0.3) is 0 Å². The standard InChI is InChI=1S/C13H25N3O2/c1-5-16(4)11(17)10(2)15-12(18)13(3)7-6-8-14-9-13/h10,14H,5-9H2,1-4H3,(H,15,18). The minimum absolute atomic E-state index is 0.0277. The first-order chi connectivity index (χ1) is 8.40. The zero-order valence-corrected chi connectivity index (χ0v) is 11.9. The highest BCUT2D eigenvalue weighted by molar-refractivity contribution is 5.89. The molecule has 0 spiro atoms. The number of rotatable bonds is 4. The van der Waals surface area contributed by atoms with Crippen LogP contribution in [0.2, 0.25) is 0 Å². The average molecular weight is 255 g/mol. The van der Waals surface area contributed by atoms with E-state index in [4.69, 9.17) is 0 Å². The van der Waals surface area contributed by atoms with Gasteiger partial charge in [0.1, 0.15) is 6.04 Å². The molecule has 0 aliphatic carbocycles. The van der Waals surface area contributed by atoms with Crippen LogP contribution in [0.4, 0.5) is 0 Å². The molecule has 1 fully saturated rings. The fourth-order valence-corrected chi connectivity index (χ4v) is 2.17. The minimum atomic E-state index is -0.457. The van der Waals surface area contributed by atoms with Gasteiger partial charge < -0.3 is 15.5 Å². The molecule has 0 radical (unpaired) electrons.